The summed E-state index contributed by atoms with van der Waals surface area (Å²) in [5.74, 6) is -0.378. The van der Waals surface area contributed by atoms with Gasteiger partial charge in [-0.25, -0.2) is 0 Å². The molecule has 0 aliphatic carbocycles. The van der Waals surface area contributed by atoms with Crippen molar-refractivity contribution in [3.05, 3.63) is 28.1 Å². The van der Waals surface area contributed by atoms with Crippen molar-refractivity contribution in [2.24, 2.45) is 5.41 Å². The lowest BCUT2D eigenvalue weighted by atomic mass is 9.95. The molecule has 0 unspecified atom stereocenters. The number of nitrogens with one attached hydrogen (secondary N) is 1. The number of amides is 1. The van der Waals surface area contributed by atoms with Crippen LogP contribution in [0.3, 0.4) is 0 Å². The van der Waals surface area contributed by atoms with Gasteiger partial charge < -0.3 is 15.0 Å². The number of aliphatic hydroxyl groups excluding tert-OH is 1. The molecule has 0 aromatic carbocycles. The number of hydrogen-bond donors (Lipinski definition) is 2. The maximum atomic E-state index is 12.0. The van der Waals surface area contributed by atoms with Crippen LogP contribution in [0.15, 0.2) is 12.3 Å². The normalized spacial score (nSPS) is 11.4. The molecule has 1 aromatic heterocycles. The van der Waals surface area contributed by atoms with E-state index in [4.69, 9.17) is 5.11 Å². The predicted octanol–water partition coefficient (Wildman–Crippen LogP) is 1.16. The molecule has 0 spiro atoms. The average molecular weight is 269 g/mol. The third-order valence-electron chi connectivity index (χ3n) is 2.82. The molecule has 1 rings (SSSR count). The largest absolute Gasteiger partial charge is 0.396 e. The Morgan fingerprint density at radius 3 is 2.68 bits per heavy atom. The molecule has 0 aliphatic rings. The van der Waals surface area contributed by atoms with Crippen molar-refractivity contribution in [2.75, 3.05) is 13.2 Å². The van der Waals surface area contributed by atoms with Gasteiger partial charge in [-0.2, -0.15) is 0 Å². The molecular weight excluding hydrogens is 250 g/mol. The lowest BCUT2D eigenvalue weighted by Gasteiger charge is -2.21. The average Bonchev–Trinajstić information content (AvgIpc) is 2.80. The molecule has 0 saturated heterocycles. The molecular formula is C12H19N3O4. The van der Waals surface area contributed by atoms with Crippen molar-refractivity contribution in [1.82, 2.24) is 9.88 Å². The van der Waals surface area contributed by atoms with Crippen molar-refractivity contribution in [3.8, 4) is 0 Å². The summed E-state index contributed by atoms with van der Waals surface area (Å²) in [6.45, 7) is 6.15. The van der Waals surface area contributed by atoms with E-state index in [0.717, 1.165) is 0 Å². The minimum absolute atomic E-state index is 0.0534. The SMILES string of the molecule is CCn1cc([N+](=O)[O-])cc1C(=O)NCC(C)(C)CO. The molecule has 7 nitrogen and oxygen atoms in total. The Bertz CT molecular complexity index is 479. The minimum Gasteiger partial charge on any atom is -0.396 e. The Labute approximate surface area is 111 Å². The van der Waals surface area contributed by atoms with Gasteiger partial charge in [-0.1, -0.05) is 13.8 Å². The monoisotopic (exact) mass is 269 g/mol. The number of carbonyl (C=O) groups excluding carboxylic acids is 1. The van der Waals surface area contributed by atoms with Crippen molar-refractivity contribution in [3.63, 3.8) is 0 Å². The van der Waals surface area contributed by atoms with E-state index in [2.05, 4.69) is 5.32 Å². The summed E-state index contributed by atoms with van der Waals surface area (Å²) in [6, 6.07) is 1.25. The number of aryl methyl sites for hydroxylation is 1. The van der Waals surface area contributed by atoms with Gasteiger partial charge in [0.05, 0.1) is 11.1 Å². The third kappa shape index (κ3) is 3.78. The van der Waals surface area contributed by atoms with Crippen LogP contribution in [0, 0.1) is 15.5 Å². The van der Waals surface area contributed by atoms with Crippen LogP contribution in [0.25, 0.3) is 0 Å². The van der Waals surface area contributed by atoms with E-state index in [0.29, 0.717) is 13.1 Å². The molecule has 19 heavy (non-hydrogen) atoms. The van der Waals surface area contributed by atoms with Crippen LogP contribution >= 0.6 is 0 Å². The zero-order chi connectivity index (χ0) is 14.6. The molecule has 0 radical (unpaired) electrons. The first-order valence-electron chi connectivity index (χ1n) is 6.04. The van der Waals surface area contributed by atoms with Crippen LogP contribution in [0.5, 0.6) is 0 Å². The highest BCUT2D eigenvalue weighted by Crippen LogP contribution is 2.17. The van der Waals surface area contributed by atoms with Crippen LogP contribution < -0.4 is 5.32 Å². The van der Waals surface area contributed by atoms with Crippen LogP contribution in [0.4, 0.5) is 5.69 Å². The summed E-state index contributed by atoms with van der Waals surface area (Å²) in [5, 5.41) is 22.5. The van der Waals surface area contributed by atoms with Gasteiger partial charge in [0.15, 0.2) is 0 Å². The van der Waals surface area contributed by atoms with Crippen molar-refractivity contribution in [1.29, 1.82) is 0 Å². The highest BCUT2D eigenvalue weighted by Gasteiger charge is 2.21. The van der Waals surface area contributed by atoms with E-state index in [1.54, 1.807) is 6.92 Å². The predicted molar refractivity (Wildman–Crippen MR) is 70.0 cm³/mol. The van der Waals surface area contributed by atoms with E-state index in [1.807, 2.05) is 13.8 Å². The van der Waals surface area contributed by atoms with Gasteiger partial charge in [-0.3, -0.25) is 14.9 Å². The fourth-order valence-electron chi connectivity index (χ4n) is 1.51. The standard InChI is InChI=1S/C12H19N3O4/c1-4-14-6-9(15(18)19)5-10(14)11(17)13-7-12(2,3)8-16/h5-6,16H,4,7-8H2,1-3H3,(H,13,17). The highest BCUT2D eigenvalue weighted by molar-refractivity contribution is 5.93. The zero-order valence-electron chi connectivity index (χ0n) is 11.3. The third-order valence-corrected chi connectivity index (χ3v) is 2.82. The number of nitro groups is 1. The van der Waals surface area contributed by atoms with Crippen molar-refractivity contribution in [2.45, 2.75) is 27.3 Å². The topological polar surface area (TPSA) is 97.4 Å². The molecule has 0 atom stereocenters. The van der Waals surface area contributed by atoms with Crippen LogP contribution in [-0.2, 0) is 6.54 Å². The fraction of sp³-hybridized carbons (Fsp3) is 0.583. The Kier molecular flexibility index (Phi) is 4.66. The zero-order valence-corrected chi connectivity index (χ0v) is 11.3. The molecule has 106 valence electrons. The number of hydrogen-bond acceptors (Lipinski definition) is 4. The van der Waals surface area contributed by atoms with Gasteiger partial charge in [0, 0.05) is 31.2 Å². The Morgan fingerprint density at radius 1 is 1.58 bits per heavy atom. The molecule has 0 saturated carbocycles. The van der Waals surface area contributed by atoms with Gasteiger partial charge >= 0.3 is 0 Å². The lowest BCUT2D eigenvalue weighted by Crippen LogP contribution is -2.36. The lowest BCUT2D eigenvalue weighted by molar-refractivity contribution is -0.384. The van der Waals surface area contributed by atoms with Gasteiger partial charge in [0.2, 0.25) is 0 Å². The summed E-state index contributed by atoms with van der Waals surface area (Å²) in [4.78, 5) is 22.2. The van der Waals surface area contributed by atoms with E-state index in [9.17, 15) is 14.9 Å². The second kappa shape index (κ2) is 5.83. The minimum atomic E-state index is -0.527. The summed E-state index contributed by atoms with van der Waals surface area (Å²) >= 11 is 0. The summed E-state index contributed by atoms with van der Waals surface area (Å²) in [7, 11) is 0. The first-order valence-corrected chi connectivity index (χ1v) is 6.04. The van der Waals surface area contributed by atoms with Gasteiger partial charge in [-0.05, 0) is 6.92 Å². The van der Waals surface area contributed by atoms with E-state index >= 15 is 0 Å². The second-order valence-corrected chi connectivity index (χ2v) is 5.13. The summed E-state index contributed by atoms with van der Waals surface area (Å²) in [6.07, 6.45) is 1.34. The number of nitrogens with zero attached hydrogens (tertiary/aromatic N) is 2. The maximum absolute atomic E-state index is 12.0. The molecule has 7 heteroatoms. The molecule has 0 fully saturated rings. The molecule has 0 bridgehead atoms. The fourth-order valence-corrected chi connectivity index (χ4v) is 1.51. The van der Waals surface area contributed by atoms with E-state index in [1.165, 1.54) is 16.8 Å². The summed E-state index contributed by atoms with van der Waals surface area (Å²) in [5.41, 5.74) is -0.276. The quantitative estimate of drug-likeness (QED) is 0.598. The molecule has 1 aromatic rings. The van der Waals surface area contributed by atoms with E-state index < -0.39 is 10.3 Å². The van der Waals surface area contributed by atoms with Gasteiger partial charge in [0.1, 0.15) is 5.69 Å². The Hall–Kier alpha value is -1.89. The van der Waals surface area contributed by atoms with Crippen LogP contribution in [-0.4, -0.2) is 33.7 Å². The smallest absolute Gasteiger partial charge is 0.287 e. The molecule has 2 N–H and O–H groups in total. The maximum Gasteiger partial charge on any atom is 0.287 e. The molecule has 1 heterocycles. The Morgan fingerprint density at radius 2 is 2.21 bits per heavy atom. The first-order chi connectivity index (χ1) is 8.80. The molecule has 1 amide bonds. The summed E-state index contributed by atoms with van der Waals surface area (Å²) < 4.78 is 1.53. The van der Waals surface area contributed by atoms with E-state index in [-0.39, 0.29) is 23.9 Å². The number of aliphatic hydroxyl groups is 1. The van der Waals surface area contributed by atoms with Crippen molar-refractivity contribution >= 4 is 11.6 Å². The first kappa shape index (κ1) is 15.2. The Balaban J connectivity index is 2.84. The van der Waals surface area contributed by atoms with Gasteiger partial charge in [0.25, 0.3) is 11.6 Å². The highest BCUT2D eigenvalue weighted by atomic mass is 16.6. The van der Waals surface area contributed by atoms with Gasteiger partial charge in [-0.15, -0.1) is 0 Å². The van der Waals surface area contributed by atoms with Crippen LogP contribution in [0.1, 0.15) is 31.3 Å². The second-order valence-electron chi connectivity index (χ2n) is 5.13. The van der Waals surface area contributed by atoms with Crippen molar-refractivity contribution < 1.29 is 14.8 Å². The number of aromatic nitrogens is 1. The number of rotatable bonds is 6. The van der Waals surface area contributed by atoms with Crippen LogP contribution in [0.2, 0.25) is 0 Å². The number of carbonyl (C=O) groups is 1. The molecule has 0 aliphatic heterocycles.